The summed E-state index contributed by atoms with van der Waals surface area (Å²) in [7, 11) is 0. The Balaban J connectivity index is 2.96. The molecule has 1 aromatic rings. The summed E-state index contributed by atoms with van der Waals surface area (Å²) in [6, 6.07) is 5.25. The summed E-state index contributed by atoms with van der Waals surface area (Å²) < 4.78 is 0. The van der Waals surface area contributed by atoms with Gasteiger partial charge in [0.1, 0.15) is 11.5 Å². The van der Waals surface area contributed by atoms with E-state index in [9.17, 15) is 15.0 Å². The van der Waals surface area contributed by atoms with E-state index in [0.717, 1.165) is 0 Å². The molecular formula is C10H9N3O3. The summed E-state index contributed by atoms with van der Waals surface area (Å²) in [5.74, 6) is -1.02. The standard InChI is InChI=1S/C10H9N3O3/c1-6(12-13-10(16)5-11)8-4-7(14)2-3-9(8)15/h2-4,14-15H,1H3,(H,13,16)/b12-6+. The molecule has 0 aliphatic carbocycles. The molecule has 6 nitrogen and oxygen atoms in total. The quantitative estimate of drug-likeness (QED) is 0.291. The van der Waals surface area contributed by atoms with Crippen LogP contribution in [0.3, 0.4) is 0 Å². The van der Waals surface area contributed by atoms with E-state index in [1.165, 1.54) is 31.2 Å². The van der Waals surface area contributed by atoms with E-state index in [2.05, 4.69) is 5.10 Å². The fourth-order valence-electron chi connectivity index (χ4n) is 1.03. The van der Waals surface area contributed by atoms with Crippen molar-refractivity contribution in [3.8, 4) is 17.6 Å². The molecule has 0 spiro atoms. The number of aromatic hydroxyl groups is 2. The molecule has 0 aliphatic heterocycles. The van der Waals surface area contributed by atoms with Gasteiger partial charge in [0, 0.05) is 5.56 Å². The first kappa shape index (κ1) is 11.5. The zero-order valence-corrected chi connectivity index (χ0v) is 8.43. The molecule has 0 fully saturated rings. The summed E-state index contributed by atoms with van der Waals surface area (Å²) in [5.41, 5.74) is 2.52. The highest BCUT2D eigenvalue weighted by molar-refractivity contribution is 6.02. The second kappa shape index (κ2) is 4.79. The molecule has 0 heterocycles. The van der Waals surface area contributed by atoms with Crippen LogP contribution in [-0.4, -0.2) is 21.8 Å². The fraction of sp³-hybridized carbons (Fsp3) is 0.100. The molecule has 1 amide bonds. The van der Waals surface area contributed by atoms with Crippen LogP contribution in [0.5, 0.6) is 11.5 Å². The van der Waals surface area contributed by atoms with Crippen molar-refractivity contribution in [2.24, 2.45) is 5.10 Å². The highest BCUT2D eigenvalue weighted by Gasteiger charge is 2.06. The molecule has 0 unspecified atom stereocenters. The first-order valence-corrected chi connectivity index (χ1v) is 4.31. The van der Waals surface area contributed by atoms with Gasteiger partial charge in [0.2, 0.25) is 0 Å². The Labute approximate surface area is 91.4 Å². The van der Waals surface area contributed by atoms with Crippen LogP contribution in [0.1, 0.15) is 12.5 Å². The number of hydrazone groups is 1. The number of phenols is 2. The molecule has 82 valence electrons. The number of benzene rings is 1. The third-order valence-corrected chi connectivity index (χ3v) is 1.80. The van der Waals surface area contributed by atoms with Gasteiger partial charge in [-0.05, 0) is 25.1 Å². The van der Waals surface area contributed by atoms with Crippen LogP contribution in [0.15, 0.2) is 23.3 Å². The number of phenolic OH excluding ortho intramolecular Hbond substituents is 2. The van der Waals surface area contributed by atoms with Crippen molar-refractivity contribution in [2.45, 2.75) is 6.92 Å². The predicted molar refractivity (Wildman–Crippen MR) is 55.7 cm³/mol. The van der Waals surface area contributed by atoms with Gasteiger partial charge in [0.25, 0.3) is 0 Å². The average Bonchev–Trinajstić information content (AvgIpc) is 2.28. The third-order valence-electron chi connectivity index (χ3n) is 1.80. The van der Waals surface area contributed by atoms with E-state index in [0.29, 0.717) is 0 Å². The number of hydrogen-bond acceptors (Lipinski definition) is 5. The minimum absolute atomic E-state index is 0.0334. The third kappa shape index (κ3) is 2.72. The van der Waals surface area contributed by atoms with Crippen LogP contribution in [-0.2, 0) is 4.79 Å². The Morgan fingerprint density at radius 2 is 2.19 bits per heavy atom. The Morgan fingerprint density at radius 3 is 2.81 bits per heavy atom. The van der Waals surface area contributed by atoms with E-state index in [4.69, 9.17) is 5.26 Å². The van der Waals surface area contributed by atoms with Gasteiger partial charge >= 0.3 is 5.91 Å². The molecule has 1 aromatic carbocycles. The number of carbonyl (C=O) groups is 1. The maximum atomic E-state index is 10.6. The lowest BCUT2D eigenvalue weighted by atomic mass is 10.1. The van der Waals surface area contributed by atoms with Crippen molar-refractivity contribution in [3.63, 3.8) is 0 Å². The van der Waals surface area contributed by atoms with Crippen LogP contribution in [0, 0.1) is 11.3 Å². The first-order valence-electron chi connectivity index (χ1n) is 4.31. The van der Waals surface area contributed by atoms with Crippen LogP contribution in [0.4, 0.5) is 0 Å². The molecule has 6 heteroatoms. The van der Waals surface area contributed by atoms with Gasteiger partial charge in [0.05, 0.1) is 5.71 Å². The lowest BCUT2D eigenvalue weighted by Gasteiger charge is -2.04. The van der Waals surface area contributed by atoms with Gasteiger partial charge in [-0.25, -0.2) is 5.43 Å². The number of amides is 1. The van der Waals surface area contributed by atoms with Crippen LogP contribution >= 0.6 is 0 Å². The molecule has 0 atom stereocenters. The summed E-state index contributed by atoms with van der Waals surface area (Å²) in [6.07, 6.45) is 0. The first-order chi connectivity index (χ1) is 7.54. The van der Waals surface area contributed by atoms with E-state index >= 15 is 0 Å². The largest absolute Gasteiger partial charge is 0.508 e. The average molecular weight is 219 g/mol. The molecule has 0 saturated heterocycles. The molecular weight excluding hydrogens is 210 g/mol. The predicted octanol–water partition coefficient (Wildman–Crippen LogP) is 0.462. The Bertz CT molecular complexity index is 489. The van der Waals surface area contributed by atoms with E-state index < -0.39 is 5.91 Å². The monoisotopic (exact) mass is 219 g/mol. The highest BCUT2D eigenvalue weighted by atomic mass is 16.3. The van der Waals surface area contributed by atoms with Crippen molar-refractivity contribution in [3.05, 3.63) is 23.8 Å². The topological polar surface area (TPSA) is 106 Å². The van der Waals surface area contributed by atoms with Crippen LogP contribution in [0.2, 0.25) is 0 Å². The van der Waals surface area contributed by atoms with Crippen LogP contribution in [0.25, 0.3) is 0 Å². The summed E-state index contributed by atoms with van der Waals surface area (Å²) in [6.45, 7) is 1.52. The number of nitrogens with one attached hydrogen (secondary N) is 1. The molecule has 0 saturated carbocycles. The summed E-state index contributed by atoms with van der Waals surface area (Å²) in [5, 5.41) is 30.4. The molecule has 0 bridgehead atoms. The lowest BCUT2D eigenvalue weighted by Crippen LogP contribution is -2.16. The minimum atomic E-state index is -0.904. The second-order valence-corrected chi connectivity index (χ2v) is 2.95. The van der Waals surface area contributed by atoms with E-state index in [1.54, 1.807) is 0 Å². The molecule has 16 heavy (non-hydrogen) atoms. The smallest absolute Gasteiger partial charge is 0.342 e. The van der Waals surface area contributed by atoms with Crippen molar-refractivity contribution in [1.82, 2.24) is 5.43 Å². The van der Waals surface area contributed by atoms with Gasteiger partial charge in [0.15, 0.2) is 6.07 Å². The zero-order chi connectivity index (χ0) is 12.1. The Hall–Kier alpha value is -2.55. The van der Waals surface area contributed by atoms with Crippen molar-refractivity contribution in [1.29, 1.82) is 5.26 Å². The van der Waals surface area contributed by atoms with Gasteiger partial charge in [-0.2, -0.15) is 10.4 Å². The molecule has 1 rings (SSSR count). The lowest BCUT2D eigenvalue weighted by molar-refractivity contribution is -0.115. The van der Waals surface area contributed by atoms with Crippen molar-refractivity contribution in [2.75, 3.05) is 0 Å². The number of hydrogen-bond donors (Lipinski definition) is 3. The SMILES string of the molecule is C/C(=N\NC(=O)C#N)c1cc(O)ccc1O. The normalized spacial score (nSPS) is 10.6. The molecule has 0 radical (unpaired) electrons. The van der Waals surface area contributed by atoms with E-state index in [1.807, 2.05) is 5.43 Å². The molecule has 0 aromatic heterocycles. The van der Waals surface area contributed by atoms with Gasteiger partial charge < -0.3 is 10.2 Å². The van der Waals surface area contributed by atoms with Gasteiger partial charge in [-0.3, -0.25) is 4.79 Å². The maximum absolute atomic E-state index is 10.6. The Kier molecular flexibility index (Phi) is 3.45. The van der Waals surface area contributed by atoms with Crippen molar-refractivity contribution < 1.29 is 15.0 Å². The number of nitriles is 1. The Morgan fingerprint density at radius 1 is 1.50 bits per heavy atom. The van der Waals surface area contributed by atoms with Crippen molar-refractivity contribution >= 4 is 11.6 Å². The zero-order valence-electron chi connectivity index (χ0n) is 8.43. The van der Waals surface area contributed by atoms with Gasteiger partial charge in [-0.15, -0.1) is 0 Å². The summed E-state index contributed by atoms with van der Waals surface area (Å²) in [4.78, 5) is 10.6. The summed E-state index contributed by atoms with van der Waals surface area (Å²) >= 11 is 0. The number of nitrogens with zero attached hydrogens (tertiary/aromatic N) is 2. The van der Waals surface area contributed by atoms with E-state index in [-0.39, 0.29) is 22.8 Å². The maximum Gasteiger partial charge on any atom is 0.342 e. The van der Waals surface area contributed by atoms with Gasteiger partial charge in [-0.1, -0.05) is 0 Å². The molecule has 0 aliphatic rings. The molecule has 3 N–H and O–H groups in total. The fourth-order valence-corrected chi connectivity index (χ4v) is 1.03. The second-order valence-electron chi connectivity index (χ2n) is 2.95. The minimum Gasteiger partial charge on any atom is -0.508 e. The number of carbonyl (C=O) groups excluding carboxylic acids is 1. The highest BCUT2D eigenvalue weighted by Crippen LogP contribution is 2.22. The number of rotatable bonds is 2. The van der Waals surface area contributed by atoms with Crippen LogP contribution < -0.4 is 5.43 Å².